The summed E-state index contributed by atoms with van der Waals surface area (Å²) in [7, 11) is 0. The zero-order chi connectivity index (χ0) is 15.0. The first-order chi connectivity index (χ1) is 10.1. The summed E-state index contributed by atoms with van der Waals surface area (Å²) in [6, 6.07) is 15.8. The lowest BCUT2D eigenvalue weighted by molar-refractivity contribution is 0.567. The number of aromatic nitrogens is 2. The largest absolute Gasteiger partial charge is 0.323 e. The topological polar surface area (TPSA) is 43.8 Å². The van der Waals surface area contributed by atoms with Crippen LogP contribution in [0.4, 0.5) is 0 Å². The second-order valence-corrected chi connectivity index (χ2v) is 5.84. The molecule has 0 saturated heterocycles. The first kappa shape index (κ1) is 14.1. The van der Waals surface area contributed by atoms with Gasteiger partial charge >= 0.3 is 0 Å². The molecule has 0 spiro atoms. The number of hydrogen-bond donors (Lipinski definition) is 1. The number of para-hydroxylation sites is 1. The fourth-order valence-corrected chi connectivity index (χ4v) is 2.94. The average Bonchev–Trinajstić information content (AvgIpc) is 2.88. The highest BCUT2D eigenvalue weighted by Crippen LogP contribution is 2.31. The molecule has 2 aromatic carbocycles. The maximum atomic E-state index is 6.44. The molecular formula is C17H18ClN3. The second kappa shape index (κ2) is 5.51. The van der Waals surface area contributed by atoms with Gasteiger partial charge < -0.3 is 10.3 Å². The van der Waals surface area contributed by atoms with Gasteiger partial charge in [-0.15, -0.1) is 0 Å². The molecule has 0 saturated carbocycles. The molecule has 3 nitrogen and oxygen atoms in total. The van der Waals surface area contributed by atoms with Crippen LogP contribution in [-0.2, 0) is 0 Å². The minimum Gasteiger partial charge on any atom is -0.323 e. The lowest BCUT2D eigenvalue weighted by Crippen LogP contribution is -2.19. The van der Waals surface area contributed by atoms with Crippen molar-refractivity contribution < 1.29 is 0 Å². The molecule has 2 N–H and O–H groups in total. The van der Waals surface area contributed by atoms with Crippen LogP contribution in [0.15, 0.2) is 48.5 Å². The molecule has 1 unspecified atom stereocenters. The Morgan fingerprint density at radius 2 is 1.76 bits per heavy atom. The number of hydrogen-bond acceptors (Lipinski definition) is 2. The molecular weight excluding hydrogens is 282 g/mol. The van der Waals surface area contributed by atoms with Gasteiger partial charge in [0.1, 0.15) is 5.82 Å². The molecule has 3 rings (SSSR count). The third-order valence-electron chi connectivity index (χ3n) is 3.64. The van der Waals surface area contributed by atoms with E-state index in [1.54, 1.807) is 0 Å². The summed E-state index contributed by atoms with van der Waals surface area (Å²) in [5.74, 6) is 0.847. The Hall–Kier alpha value is -1.84. The molecule has 21 heavy (non-hydrogen) atoms. The van der Waals surface area contributed by atoms with Crippen molar-refractivity contribution in [2.24, 2.45) is 5.73 Å². The van der Waals surface area contributed by atoms with Gasteiger partial charge in [-0.25, -0.2) is 4.98 Å². The molecule has 4 heteroatoms. The quantitative estimate of drug-likeness (QED) is 0.783. The summed E-state index contributed by atoms with van der Waals surface area (Å²) in [5.41, 5.74) is 9.33. The monoisotopic (exact) mass is 299 g/mol. The van der Waals surface area contributed by atoms with E-state index in [-0.39, 0.29) is 12.1 Å². The van der Waals surface area contributed by atoms with Crippen LogP contribution < -0.4 is 5.73 Å². The highest BCUT2D eigenvalue weighted by molar-refractivity contribution is 6.35. The number of nitrogens with two attached hydrogens (primary N) is 1. The Kier molecular flexibility index (Phi) is 3.70. The maximum absolute atomic E-state index is 6.44. The van der Waals surface area contributed by atoms with Gasteiger partial charge in [-0.05, 0) is 31.5 Å². The first-order valence-corrected chi connectivity index (χ1v) is 7.44. The van der Waals surface area contributed by atoms with E-state index in [4.69, 9.17) is 22.3 Å². The molecule has 0 bridgehead atoms. The van der Waals surface area contributed by atoms with E-state index in [9.17, 15) is 0 Å². The second-order valence-electron chi connectivity index (χ2n) is 5.43. The highest BCUT2D eigenvalue weighted by Gasteiger charge is 2.21. The lowest BCUT2D eigenvalue weighted by Gasteiger charge is -2.18. The minimum atomic E-state index is -0.267. The zero-order valence-corrected chi connectivity index (χ0v) is 12.9. The van der Waals surface area contributed by atoms with E-state index in [1.165, 1.54) is 0 Å². The minimum absolute atomic E-state index is 0.236. The van der Waals surface area contributed by atoms with Crippen LogP contribution in [0.2, 0.25) is 5.02 Å². The SMILES string of the molecule is CC(C)n1c(C(N)c2ccccc2)nc2cccc(Cl)c21. The van der Waals surface area contributed by atoms with Crippen LogP contribution >= 0.6 is 11.6 Å². The smallest absolute Gasteiger partial charge is 0.131 e. The van der Waals surface area contributed by atoms with Crippen molar-refractivity contribution in [2.75, 3.05) is 0 Å². The molecule has 3 aromatic rings. The van der Waals surface area contributed by atoms with Crippen molar-refractivity contribution in [1.82, 2.24) is 9.55 Å². The van der Waals surface area contributed by atoms with E-state index < -0.39 is 0 Å². The average molecular weight is 300 g/mol. The number of rotatable bonds is 3. The molecule has 0 amide bonds. The Bertz CT molecular complexity index is 762. The van der Waals surface area contributed by atoms with Gasteiger partial charge in [-0.3, -0.25) is 0 Å². The number of fused-ring (bicyclic) bond motifs is 1. The van der Waals surface area contributed by atoms with Gasteiger partial charge in [-0.1, -0.05) is 48.0 Å². The molecule has 108 valence electrons. The number of benzene rings is 2. The normalized spacial score (nSPS) is 13.0. The fourth-order valence-electron chi connectivity index (χ4n) is 2.68. The van der Waals surface area contributed by atoms with Crippen molar-refractivity contribution in [3.05, 3.63) is 64.9 Å². The third-order valence-corrected chi connectivity index (χ3v) is 3.95. The van der Waals surface area contributed by atoms with Gasteiger partial charge in [-0.2, -0.15) is 0 Å². The maximum Gasteiger partial charge on any atom is 0.131 e. The van der Waals surface area contributed by atoms with Gasteiger partial charge in [0.25, 0.3) is 0 Å². The summed E-state index contributed by atoms with van der Waals surface area (Å²) < 4.78 is 2.13. The summed E-state index contributed by atoms with van der Waals surface area (Å²) in [4.78, 5) is 4.72. The summed E-state index contributed by atoms with van der Waals surface area (Å²) in [6.07, 6.45) is 0. The van der Waals surface area contributed by atoms with Crippen molar-refractivity contribution in [1.29, 1.82) is 0 Å². The summed E-state index contributed by atoms with van der Waals surface area (Å²) in [6.45, 7) is 4.23. The van der Waals surface area contributed by atoms with E-state index in [2.05, 4.69) is 18.4 Å². The molecule has 0 aliphatic rings. The van der Waals surface area contributed by atoms with Crippen molar-refractivity contribution in [3.63, 3.8) is 0 Å². The van der Waals surface area contributed by atoms with E-state index >= 15 is 0 Å². The molecule has 1 aromatic heterocycles. The molecule has 0 aliphatic heterocycles. The van der Waals surface area contributed by atoms with Gasteiger partial charge in [0, 0.05) is 6.04 Å². The highest BCUT2D eigenvalue weighted by atomic mass is 35.5. The van der Waals surface area contributed by atoms with Crippen molar-refractivity contribution in [3.8, 4) is 0 Å². The number of nitrogens with zero attached hydrogens (tertiary/aromatic N) is 2. The van der Waals surface area contributed by atoms with Crippen LogP contribution in [-0.4, -0.2) is 9.55 Å². The molecule has 0 radical (unpaired) electrons. The van der Waals surface area contributed by atoms with Crippen LogP contribution in [0.25, 0.3) is 11.0 Å². The van der Waals surface area contributed by atoms with E-state index in [0.717, 1.165) is 22.4 Å². The van der Waals surface area contributed by atoms with Crippen LogP contribution in [0.5, 0.6) is 0 Å². The Morgan fingerprint density at radius 3 is 2.43 bits per heavy atom. The van der Waals surface area contributed by atoms with E-state index in [0.29, 0.717) is 5.02 Å². The summed E-state index contributed by atoms with van der Waals surface area (Å²) >= 11 is 6.37. The van der Waals surface area contributed by atoms with Crippen molar-refractivity contribution in [2.45, 2.75) is 25.9 Å². The molecule has 0 aliphatic carbocycles. The number of imidazole rings is 1. The number of halogens is 1. The van der Waals surface area contributed by atoms with Crippen LogP contribution in [0.1, 0.15) is 37.3 Å². The Labute approximate surface area is 129 Å². The standard InChI is InChI=1S/C17H18ClN3/c1-11(2)21-16-13(18)9-6-10-14(16)20-17(21)15(19)12-7-4-3-5-8-12/h3-11,15H,19H2,1-2H3. The third kappa shape index (κ3) is 2.43. The fraction of sp³-hybridized carbons (Fsp3) is 0.235. The molecule has 1 heterocycles. The van der Waals surface area contributed by atoms with Gasteiger partial charge in [0.05, 0.1) is 22.1 Å². The summed E-state index contributed by atoms with van der Waals surface area (Å²) in [5, 5.41) is 0.709. The van der Waals surface area contributed by atoms with Gasteiger partial charge in [0.2, 0.25) is 0 Å². The van der Waals surface area contributed by atoms with Gasteiger partial charge in [0.15, 0.2) is 0 Å². The predicted octanol–water partition coefficient (Wildman–Crippen LogP) is 4.32. The predicted molar refractivity (Wildman–Crippen MR) is 87.6 cm³/mol. The Morgan fingerprint density at radius 1 is 1.05 bits per heavy atom. The molecule has 0 fully saturated rings. The van der Waals surface area contributed by atoms with E-state index in [1.807, 2.05) is 48.5 Å². The lowest BCUT2D eigenvalue weighted by atomic mass is 10.1. The first-order valence-electron chi connectivity index (χ1n) is 7.06. The zero-order valence-electron chi connectivity index (χ0n) is 12.1. The van der Waals surface area contributed by atoms with Crippen molar-refractivity contribution >= 4 is 22.6 Å². The molecule has 1 atom stereocenters. The van der Waals surface area contributed by atoms with Crippen LogP contribution in [0, 0.1) is 0 Å². The Balaban J connectivity index is 2.23. The van der Waals surface area contributed by atoms with Crippen LogP contribution in [0.3, 0.4) is 0 Å².